The van der Waals surface area contributed by atoms with Crippen LogP contribution in [0.15, 0.2) is 24.4 Å². The Morgan fingerprint density at radius 3 is 2.44 bits per heavy atom. The van der Waals surface area contributed by atoms with Crippen molar-refractivity contribution in [3.8, 4) is 5.88 Å². The number of halogens is 1. The van der Waals surface area contributed by atoms with Gasteiger partial charge in [-0.15, -0.1) is 0 Å². The third-order valence-electron chi connectivity index (χ3n) is 7.14. The molecule has 2 saturated heterocycles. The van der Waals surface area contributed by atoms with E-state index in [9.17, 15) is 9.59 Å². The smallest absolute Gasteiger partial charge is 0.257 e. The molecule has 2 amide bonds. The molecular weight excluding hydrogens is 456 g/mol. The Morgan fingerprint density at radius 2 is 1.74 bits per heavy atom. The second-order valence-electron chi connectivity index (χ2n) is 9.30. The predicted molar refractivity (Wildman–Crippen MR) is 126 cm³/mol. The number of aromatic nitrogens is 4. The number of ether oxygens (including phenoxy) is 1. The maximum absolute atomic E-state index is 13.3. The van der Waals surface area contributed by atoms with E-state index in [2.05, 4.69) is 15.1 Å². The Kier molecular flexibility index (Phi) is 5.67. The van der Waals surface area contributed by atoms with Crippen LogP contribution in [0.5, 0.6) is 5.88 Å². The van der Waals surface area contributed by atoms with Crippen LogP contribution in [0.3, 0.4) is 0 Å². The topological polar surface area (TPSA) is 92.9 Å². The molecular formula is C24H27ClN6O3. The van der Waals surface area contributed by atoms with Crippen molar-refractivity contribution in [2.24, 2.45) is 5.41 Å². The number of hydrogen-bond donors (Lipinski definition) is 0. The van der Waals surface area contributed by atoms with E-state index in [1.807, 2.05) is 29.7 Å². The summed E-state index contributed by atoms with van der Waals surface area (Å²) in [6.07, 6.45) is 4.31. The summed E-state index contributed by atoms with van der Waals surface area (Å²) in [5.74, 6) is 0.240. The fraction of sp³-hybridized carbons (Fsp3) is 0.458. The summed E-state index contributed by atoms with van der Waals surface area (Å²) in [6, 6.07) is 5.08. The molecule has 34 heavy (non-hydrogen) atoms. The van der Waals surface area contributed by atoms with Crippen molar-refractivity contribution in [2.45, 2.75) is 33.1 Å². The molecule has 0 saturated carbocycles. The van der Waals surface area contributed by atoms with Gasteiger partial charge in [-0.1, -0.05) is 11.6 Å². The van der Waals surface area contributed by atoms with Crippen molar-refractivity contribution < 1.29 is 14.3 Å². The number of nitrogens with zero attached hydrogens (tertiary/aromatic N) is 6. The molecule has 5 rings (SSSR count). The fourth-order valence-electron chi connectivity index (χ4n) is 5.13. The minimum atomic E-state index is -0.0760. The number of pyridine rings is 1. The molecule has 5 heterocycles. The third-order valence-corrected chi connectivity index (χ3v) is 7.33. The first-order chi connectivity index (χ1) is 16.3. The summed E-state index contributed by atoms with van der Waals surface area (Å²) in [7, 11) is 1.50. The standard InChI is InChI=1S/C24H27ClN6O3/c1-15-10-20-26-13-18(16(2)31(20)28-15)23(33)30-9-6-24(14-30)4-7-29(8-5-24)22(32)17-11-19(25)27-21(12-17)34-3/h10-13H,4-9,14H2,1-3H3. The number of carbonyl (C=O) groups is 2. The number of carbonyl (C=O) groups excluding carboxylic acids is 2. The molecule has 0 atom stereocenters. The number of aryl methyl sites for hydroxylation is 2. The monoisotopic (exact) mass is 482 g/mol. The molecule has 0 N–H and O–H groups in total. The van der Waals surface area contributed by atoms with Gasteiger partial charge >= 0.3 is 0 Å². The minimum absolute atomic E-state index is 0.00560. The molecule has 178 valence electrons. The summed E-state index contributed by atoms with van der Waals surface area (Å²) in [6.45, 7) is 6.50. The van der Waals surface area contributed by atoms with E-state index in [1.54, 1.807) is 22.8 Å². The Labute approximate surface area is 202 Å². The number of amides is 2. The first kappa shape index (κ1) is 22.6. The Hall–Kier alpha value is -3.20. The molecule has 0 aliphatic carbocycles. The summed E-state index contributed by atoms with van der Waals surface area (Å²) in [4.78, 5) is 38.6. The lowest BCUT2D eigenvalue weighted by Crippen LogP contribution is -2.44. The minimum Gasteiger partial charge on any atom is -0.481 e. The number of hydrogen-bond acceptors (Lipinski definition) is 6. The first-order valence-corrected chi connectivity index (χ1v) is 11.8. The molecule has 3 aromatic rings. The second kappa shape index (κ2) is 8.54. The van der Waals surface area contributed by atoms with Gasteiger partial charge in [0, 0.05) is 50.1 Å². The summed E-state index contributed by atoms with van der Waals surface area (Å²) < 4.78 is 6.87. The van der Waals surface area contributed by atoms with E-state index < -0.39 is 0 Å². The molecule has 9 nitrogen and oxygen atoms in total. The number of fused-ring (bicyclic) bond motifs is 1. The van der Waals surface area contributed by atoms with Gasteiger partial charge in [0.1, 0.15) is 5.15 Å². The van der Waals surface area contributed by atoms with Gasteiger partial charge in [0.15, 0.2) is 5.65 Å². The molecule has 2 aliphatic rings. The lowest BCUT2D eigenvalue weighted by Gasteiger charge is -2.39. The van der Waals surface area contributed by atoms with Gasteiger partial charge in [-0.25, -0.2) is 14.5 Å². The predicted octanol–water partition coefficient (Wildman–Crippen LogP) is 3.17. The molecule has 2 aliphatic heterocycles. The van der Waals surface area contributed by atoms with Crippen LogP contribution in [0.4, 0.5) is 0 Å². The van der Waals surface area contributed by atoms with Crippen LogP contribution in [0, 0.1) is 19.3 Å². The molecule has 0 radical (unpaired) electrons. The third kappa shape index (κ3) is 3.98. The van der Waals surface area contributed by atoms with Crippen LogP contribution in [0.1, 0.15) is 51.4 Å². The maximum Gasteiger partial charge on any atom is 0.257 e. The highest BCUT2D eigenvalue weighted by molar-refractivity contribution is 6.29. The Bertz CT molecular complexity index is 1280. The normalized spacial score (nSPS) is 17.5. The quantitative estimate of drug-likeness (QED) is 0.532. The highest BCUT2D eigenvalue weighted by Crippen LogP contribution is 2.41. The van der Waals surface area contributed by atoms with E-state index in [4.69, 9.17) is 16.3 Å². The molecule has 0 bridgehead atoms. The van der Waals surface area contributed by atoms with Crippen LogP contribution in [-0.2, 0) is 0 Å². The van der Waals surface area contributed by atoms with Gasteiger partial charge in [-0.05, 0) is 44.6 Å². The van der Waals surface area contributed by atoms with E-state index in [-0.39, 0.29) is 22.4 Å². The average Bonchev–Trinajstić information content (AvgIpc) is 3.42. The SMILES string of the molecule is COc1cc(C(=O)N2CCC3(CC2)CCN(C(=O)c2cnc4cc(C)nn4c2C)C3)cc(Cl)n1. The van der Waals surface area contributed by atoms with E-state index in [0.29, 0.717) is 43.2 Å². The maximum atomic E-state index is 13.3. The van der Waals surface area contributed by atoms with Crippen molar-refractivity contribution in [3.63, 3.8) is 0 Å². The first-order valence-electron chi connectivity index (χ1n) is 11.4. The van der Waals surface area contributed by atoms with E-state index in [1.165, 1.54) is 7.11 Å². The van der Waals surface area contributed by atoms with Gasteiger partial charge in [-0.2, -0.15) is 5.10 Å². The van der Waals surface area contributed by atoms with Crippen molar-refractivity contribution in [1.29, 1.82) is 0 Å². The highest BCUT2D eigenvalue weighted by Gasteiger charge is 2.43. The van der Waals surface area contributed by atoms with Crippen molar-refractivity contribution in [3.05, 3.63) is 52.1 Å². The van der Waals surface area contributed by atoms with Gasteiger partial charge in [0.05, 0.1) is 24.1 Å². The fourth-order valence-corrected chi connectivity index (χ4v) is 5.33. The molecule has 0 aromatic carbocycles. The summed E-state index contributed by atoms with van der Waals surface area (Å²) in [5, 5.41) is 4.69. The number of likely N-dealkylation sites (tertiary alicyclic amines) is 2. The zero-order valence-corrected chi connectivity index (χ0v) is 20.3. The van der Waals surface area contributed by atoms with Crippen LogP contribution >= 0.6 is 11.6 Å². The molecule has 3 aromatic heterocycles. The summed E-state index contributed by atoms with van der Waals surface area (Å²) in [5.41, 5.74) is 3.51. The molecule has 0 unspecified atom stereocenters. The Balaban J connectivity index is 1.26. The number of rotatable bonds is 3. The zero-order chi connectivity index (χ0) is 24.0. The van der Waals surface area contributed by atoms with Gasteiger partial charge in [0.25, 0.3) is 11.8 Å². The second-order valence-corrected chi connectivity index (χ2v) is 9.69. The van der Waals surface area contributed by atoms with Crippen LogP contribution < -0.4 is 4.74 Å². The highest BCUT2D eigenvalue weighted by atomic mass is 35.5. The largest absolute Gasteiger partial charge is 0.481 e. The Morgan fingerprint density at radius 1 is 1.03 bits per heavy atom. The summed E-state index contributed by atoms with van der Waals surface area (Å²) >= 11 is 6.04. The number of methoxy groups -OCH3 is 1. The van der Waals surface area contributed by atoms with E-state index in [0.717, 1.165) is 36.3 Å². The van der Waals surface area contributed by atoms with Crippen molar-refractivity contribution in [2.75, 3.05) is 33.3 Å². The molecule has 10 heteroatoms. The van der Waals surface area contributed by atoms with Crippen molar-refractivity contribution >= 4 is 29.1 Å². The zero-order valence-electron chi connectivity index (χ0n) is 19.5. The number of piperidine rings is 1. The van der Waals surface area contributed by atoms with Crippen LogP contribution in [0.25, 0.3) is 5.65 Å². The van der Waals surface area contributed by atoms with Gasteiger partial charge in [-0.3, -0.25) is 9.59 Å². The van der Waals surface area contributed by atoms with E-state index >= 15 is 0 Å². The van der Waals surface area contributed by atoms with Gasteiger partial charge < -0.3 is 14.5 Å². The average molecular weight is 483 g/mol. The molecule has 1 spiro atoms. The molecule has 2 fully saturated rings. The van der Waals surface area contributed by atoms with Gasteiger partial charge in [0.2, 0.25) is 5.88 Å². The lowest BCUT2D eigenvalue weighted by molar-refractivity contribution is 0.0564. The van der Waals surface area contributed by atoms with Crippen LogP contribution in [0.2, 0.25) is 5.15 Å². The van der Waals surface area contributed by atoms with Crippen LogP contribution in [-0.4, -0.2) is 74.5 Å². The lowest BCUT2D eigenvalue weighted by atomic mass is 9.77. The van der Waals surface area contributed by atoms with Crippen molar-refractivity contribution in [1.82, 2.24) is 29.4 Å².